The normalized spacial score (nSPS) is 28.8. The zero-order valence-electron chi connectivity index (χ0n) is 10.5. The van der Waals surface area contributed by atoms with Gasteiger partial charge in [-0.15, -0.1) is 0 Å². The van der Waals surface area contributed by atoms with Gasteiger partial charge in [-0.3, -0.25) is 4.79 Å². The highest BCUT2D eigenvalue weighted by Gasteiger charge is 2.34. The van der Waals surface area contributed by atoms with Crippen molar-refractivity contribution in [2.24, 2.45) is 5.92 Å². The van der Waals surface area contributed by atoms with E-state index in [9.17, 15) is 4.79 Å². The monoisotopic (exact) mass is 229 g/mol. The summed E-state index contributed by atoms with van der Waals surface area (Å²) in [5, 5.41) is 12.0. The predicted octanol–water partition coefficient (Wildman–Crippen LogP) is 1.08. The summed E-state index contributed by atoms with van der Waals surface area (Å²) in [7, 11) is 0. The average molecular weight is 229 g/mol. The molecular weight excluding hydrogens is 206 g/mol. The van der Waals surface area contributed by atoms with E-state index in [4.69, 9.17) is 9.84 Å². The van der Waals surface area contributed by atoms with E-state index >= 15 is 0 Å². The number of ether oxygens (including phenoxy) is 1. The van der Waals surface area contributed by atoms with Gasteiger partial charge in [0, 0.05) is 18.8 Å². The molecule has 1 aliphatic rings. The van der Waals surface area contributed by atoms with E-state index in [1.165, 1.54) is 0 Å². The van der Waals surface area contributed by atoms with Crippen molar-refractivity contribution in [2.45, 2.75) is 51.7 Å². The highest BCUT2D eigenvalue weighted by atomic mass is 16.5. The van der Waals surface area contributed by atoms with Crippen LogP contribution in [0, 0.1) is 5.92 Å². The second-order valence-electron chi connectivity index (χ2n) is 4.93. The van der Waals surface area contributed by atoms with Crippen LogP contribution in [0.3, 0.4) is 0 Å². The fourth-order valence-electron chi connectivity index (χ4n) is 1.97. The van der Waals surface area contributed by atoms with E-state index < -0.39 is 0 Å². The number of aliphatic hydroxyl groups is 1. The topological polar surface area (TPSA) is 58.6 Å². The molecule has 0 aromatic rings. The molecule has 0 spiro atoms. The van der Waals surface area contributed by atoms with Crippen LogP contribution in [0.5, 0.6) is 0 Å². The third kappa shape index (κ3) is 3.19. The van der Waals surface area contributed by atoms with Crippen molar-refractivity contribution < 1.29 is 14.6 Å². The van der Waals surface area contributed by atoms with Gasteiger partial charge in [-0.25, -0.2) is 0 Å². The molecule has 0 saturated carbocycles. The first-order valence-corrected chi connectivity index (χ1v) is 6.07. The fraction of sp³-hybridized carbons (Fsp3) is 0.917. The third-order valence-electron chi connectivity index (χ3n) is 3.51. The number of carbonyl (C=O) groups excluding carboxylic acids is 1. The molecule has 1 fully saturated rings. The van der Waals surface area contributed by atoms with Crippen LogP contribution in [0.1, 0.15) is 40.0 Å². The molecular formula is C12H23NO3. The molecule has 0 radical (unpaired) electrons. The molecule has 94 valence electrons. The summed E-state index contributed by atoms with van der Waals surface area (Å²) in [6.07, 6.45) is 2.02. The van der Waals surface area contributed by atoms with Gasteiger partial charge in [0.25, 0.3) is 0 Å². The quantitative estimate of drug-likeness (QED) is 0.741. The lowest BCUT2D eigenvalue weighted by Crippen LogP contribution is -2.50. The van der Waals surface area contributed by atoms with Crippen LogP contribution in [-0.4, -0.2) is 35.9 Å². The Hall–Kier alpha value is -0.610. The van der Waals surface area contributed by atoms with Crippen LogP contribution in [-0.2, 0) is 9.53 Å². The number of rotatable bonds is 5. The van der Waals surface area contributed by atoms with Crippen LogP contribution in [0.2, 0.25) is 0 Å². The molecule has 1 amide bonds. The van der Waals surface area contributed by atoms with Crippen molar-refractivity contribution in [3.63, 3.8) is 0 Å². The maximum atomic E-state index is 12.0. The molecule has 16 heavy (non-hydrogen) atoms. The van der Waals surface area contributed by atoms with Crippen LogP contribution < -0.4 is 5.32 Å². The summed E-state index contributed by atoms with van der Waals surface area (Å²) in [6, 6.07) is 0. The Morgan fingerprint density at radius 2 is 2.31 bits per heavy atom. The van der Waals surface area contributed by atoms with Gasteiger partial charge in [0.05, 0.1) is 0 Å². The molecule has 1 aliphatic heterocycles. The number of hydrogen-bond acceptors (Lipinski definition) is 3. The zero-order chi connectivity index (χ0) is 12.2. The summed E-state index contributed by atoms with van der Waals surface area (Å²) in [5.41, 5.74) is -0.322. The van der Waals surface area contributed by atoms with Crippen LogP contribution in [0.25, 0.3) is 0 Å². The fourth-order valence-corrected chi connectivity index (χ4v) is 1.97. The number of aliphatic hydroxyl groups excluding tert-OH is 1. The predicted molar refractivity (Wildman–Crippen MR) is 62.1 cm³/mol. The van der Waals surface area contributed by atoms with Crippen molar-refractivity contribution in [1.82, 2.24) is 5.32 Å². The standard InChI is InChI=1S/C12H23NO3/c1-4-12(3,6-7-14)13-11(15)10-9(2)5-8-16-10/h9-10,14H,4-8H2,1-3H3,(H,13,15). The third-order valence-corrected chi connectivity index (χ3v) is 3.51. The second kappa shape index (κ2) is 5.64. The molecule has 1 rings (SSSR count). The van der Waals surface area contributed by atoms with Crippen LogP contribution in [0.15, 0.2) is 0 Å². The number of nitrogens with one attached hydrogen (secondary N) is 1. The zero-order valence-corrected chi connectivity index (χ0v) is 10.5. The number of carbonyl (C=O) groups is 1. The van der Waals surface area contributed by atoms with Gasteiger partial charge in [-0.2, -0.15) is 0 Å². The molecule has 2 N–H and O–H groups in total. The lowest BCUT2D eigenvalue weighted by molar-refractivity contribution is -0.133. The van der Waals surface area contributed by atoms with E-state index in [1.54, 1.807) is 0 Å². The van der Waals surface area contributed by atoms with Gasteiger partial charge in [0.2, 0.25) is 5.91 Å². The first kappa shape index (κ1) is 13.5. The van der Waals surface area contributed by atoms with E-state index in [-0.39, 0.29) is 30.1 Å². The Bertz CT molecular complexity index is 244. The van der Waals surface area contributed by atoms with Gasteiger partial charge in [0.1, 0.15) is 6.10 Å². The smallest absolute Gasteiger partial charge is 0.249 e. The van der Waals surface area contributed by atoms with Crippen LogP contribution in [0.4, 0.5) is 0 Å². The van der Waals surface area contributed by atoms with Crippen LogP contribution >= 0.6 is 0 Å². The number of amides is 1. The molecule has 3 atom stereocenters. The largest absolute Gasteiger partial charge is 0.396 e. The SMILES string of the molecule is CCC(C)(CCO)NC(=O)C1OCCC1C. The molecule has 3 unspecified atom stereocenters. The van der Waals surface area contributed by atoms with Crippen molar-refractivity contribution >= 4 is 5.91 Å². The lowest BCUT2D eigenvalue weighted by Gasteiger charge is -2.30. The first-order chi connectivity index (χ1) is 7.52. The molecule has 0 aromatic carbocycles. The molecule has 0 aromatic heterocycles. The van der Waals surface area contributed by atoms with E-state index in [0.29, 0.717) is 13.0 Å². The van der Waals surface area contributed by atoms with Gasteiger partial charge in [0.15, 0.2) is 0 Å². The molecule has 4 nitrogen and oxygen atoms in total. The minimum atomic E-state index is -0.322. The van der Waals surface area contributed by atoms with Gasteiger partial charge in [-0.1, -0.05) is 13.8 Å². The Morgan fingerprint density at radius 1 is 1.62 bits per heavy atom. The highest BCUT2D eigenvalue weighted by molar-refractivity contribution is 5.82. The highest BCUT2D eigenvalue weighted by Crippen LogP contribution is 2.22. The summed E-state index contributed by atoms with van der Waals surface area (Å²) in [6.45, 7) is 6.76. The maximum absolute atomic E-state index is 12.0. The average Bonchev–Trinajstić information content (AvgIpc) is 2.65. The second-order valence-corrected chi connectivity index (χ2v) is 4.93. The van der Waals surface area contributed by atoms with Gasteiger partial charge in [-0.05, 0) is 32.1 Å². The first-order valence-electron chi connectivity index (χ1n) is 6.07. The molecule has 1 heterocycles. The van der Waals surface area contributed by atoms with Crippen molar-refractivity contribution in [3.8, 4) is 0 Å². The molecule has 0 bridgehead atoms. The molecule has 4 heteroatoms. The van der Waals surface area contributed by atoms with Gasteiger partial charge >= 0.3 is 0 Å². The summed E-state index contributed by atoms with van der Waals surface area (Å²) in [5.74, 6) is 0.248. The van der Waals surface area contributed by atoms with Crippen molar-refractivity contribution in [1.29, 1.82) is 0 Å². The van der Waals surface area contributed by atoms with Crippen molar-refractivity contribution in [3.05, 3.63) is 0 Å². The molecule has 1 saturated heterocycles. The van der Waals surface area contributed by atoms with Gasteiger partial charge < -0.3 is 15.2 Å². The Balaban J connectivity index is 2.54. The summed E-state index contributed by atoms with van der Waals surface area (Å²) >= 11 is 0. The Labute approximate surface area is 97.4 Å². The Morgan fingerprint density at radius 3 is 2.75 bits per heavy atom. The van der Waals surface area contributed by atoms with E-state index in [0.717, 1.165) is 12.8 Å². The summed E-state index contributed by atoms with van der Waals surface area (Å²) in [4.78, 5) is 12.0. The van der Waals surface area contributed by atoms with E-state index in [1.807, 2.05) is 20.8 Å². The minimum absolute atomic E-state index is 0.0391. The van der Waals surface area contributed by atoms with Crippen molar-refractivity contribution in [2.75, 3.05) is 13.2 Å². The maximum Gasteiger partial charge on any atom is 0.249 e. The van der Waals surface area contributed by atoms with E-state index in [2.05, 4.69) is 5.32 Å². The Kier molecular flexibility index (Phi) is 4.74. The molecule has 0 aliphatic carbocycles. The lowest BCUT2D eigenvalue weighted by atomic mass is 9.93. The number of hydrogen-bond donors (Lipinski definition) is 2. The summed E-state index contributed by atoms with van der Waals surface area (Å²) < 4.78 is 5.42. The minimum Gasteiger partial charge on any atom is -0.396 e.